The van der Waals surface area contributed by atoms with Gasteiger partial charge in [-0.05, 0) is 25.6 Å². The van der Waals surface area contributed by atoms with E-state index in [-0.39, 0.29) is 6.42 Å². The monoisotopic (exact) mass is 410 g/mol. The summed E-state index contributed by atoms with van der Waals surface area (Å²) in [6.45, 7) is 1.07. The molecule has 0 unspecified atom stereocenters. The van der Waals surface area contributed by atoms with E-state index in [9.17, 15) is 31.5 Å². The predicted octanol–water partition coefficient (Wildman–Crippen LogP) is 3.85. The molecule has 0 amide bonds. The van der Waals surface area contributed by atoms with E-state index < -0.39 is 65.0 Å². The van der Waals surface area contributed by atoms with E-state index >= 15 is 0 Å². The molecule has 0 aliphatic rings. The number of Topliss-reactive ketones (excluding diaryl/α,β-unsaturated/α-hetero) is 2. The van der Waals surface area contributed by atoms with Gasteiger partial charge in [-0.15, -0.1) is 0 Å². The smallest absolute Gasteiger partial charge is 0.200 e. The third-order valence-corrected chi connectivity index (χ3v) is 4.72. The van der Waals surface area contributed by atoms with Gasteiger partial charge in [-0.3, -0.25) is 14.7 Å². The Labute approximate surface area is 153 Å². The third kappa shape index (κ3) is 4.39. The van der Waals surface area contributed by atoms with Gasteiger partial charge < -0.3 is 0 Å². The first-order chi connectivity index (χ1) is 12.1. The summed E-state index contributed by atoms with van der Waals surface area (Å²) in [4.78, 5) is 23.8. The molecule has 0 saturated heterocycles. The second-order valence-electron chi connectivity index (χ2n) is 5.49. The maximum absolute atomic E-state index is 13.8. The summed E-state index contributed by atoms with van der Waals surface area (Å²) in [5.41, 5.74) is -1.12. The maximum atomic E-state index is 13.8. The molecule has 0 radical (unpaired) electrons. The lowest BCUT2D eigenvalue weighted by molar-refractivity contribution is -0.126. The zero-order chi connectivity index (χ0) is 19.6. The zero-order valence-corrected chi connectivity index (χ0v) is 14.8. The van der Waals surface area contributed by atoms with Crippen LogP contribution in [0.15, 0.2) is 0 Å². The molecule has 26 heavy (non-hydrogen) atoms. The fourth-order valence-corrected chi connectivity index (χ4v) is 3.25. The second kappa shape index (κ2) is 8.12. The van der Waals surface area contributed by atoms with Crippen molar-refractivity contribution in [1.29, 1.82) is 0 Å². The number of halogens is 5. The number of aromatic nitrogens is 2. The van der Waals surface area contributed by atoms with Crippen LogP contribution >= 0.6 is 23.6 Å². The molecule has 140 valence electrons. The van der Waals surface area contributed by atoms with Gasteiger partial charge in [0.15, 0.2) is 27.2 Å². The minimum Gasteiger partial charge on any atom is -0.300 e. The summed E-state index contributed by atoms with van der Waals surface area (Å²) in [6, 6.07) is 0. The Morgan fingerprint density at radius 1 is 1.08 bits per heavy atom. The minimum absolute atomic E-state index is 0.168. The van der Waals surface area contributed by atoms with E-state index in [1.165, 1.54) is 0 Å². The van der Waals surface area contributed by atoms with Crippen molar-refractivity contribution in [3.63, 3.8) is 0 Å². The van der Waals surface area contributed by atoms with Gasteiger partial charge in [0.05, 0.1) is 6.42 Å². The summed E-state index contributed by atoms with van der Waals surface area (Å²) >= 11 is 5.86. The number of nitrogens with one attached hydrogen (secondary N) is 1. The first-order valence-corrected chi connectivity index (χ1v) is 8.41. The molecule has 0 aliphatic carbocycles. The summed E-state index contributed by atoms with van der Waals surface area (Å²) in [5.74, 6) is -12.8. The van der Waals surface area contributed by atoms with Crippen LogP contribution in [0.25, 0.3) is 0 Å². The zero-order valence-electron chi connectivity index (χ0n) is 13.2. The van der Waals surface area contributed by atoms with Crippen molar-refractivity contribution in [2.24, 2.45) is 5.92 Å². The average molecular weight is 410 g/mol. The van der Waals surface area contributed by atoms with Crippen molar-refractivity contribution < 1.29 is 31.5 Å². The molecule has 1 heterocycles. The largest absolute Gasteiger partial charge is 0.300 e. The third-order valence-electron chi connectivity index (χ3n) is 3.63. The van der Waals surface area contributed by atoms with Crippen molar-refractivity contribution in [2.45, 2.75) is 26.2 Å². The molecule has 0 spiro atoms. The van der Waals surface area contributed by atoms with Gasteiger partial charge in [0.1, 0.15) is 16.6 Å². The number of nitrogens with zero attached hydrogens (tertiary/aromatic N) is 1. The molecule has 1 aromatic heterocycles. The van der Waals surface area contributed by atoms with E-state index in [1.807, 2.05) is 0 Å². The standard InChI is InChI=1S/C15H11F5N2O2S2/c1-5(23)6(2-7(24)4-9-21-22-15(25)26-9)3-8-10(16)12(18)14(20)13(19)11(8)17/h6H,2-4H2,1H3,(H,22,25)/t6-/m0/s1. The fourth-order valence-electron chi connectivity index (χ4n) is 2.29. The van der Waals surface area contributed by atoms with Crippen LogP contribution in [0.2, 0.25) is 0 Å². The molecule has 1 N–H and O–H groups in total. The molecule has 2 rings (SSSR count). The number of ketones is 2. The number of carbonyl (C=O) groups excluding carboxylic acids is 2. The Kier molecular flexibility index (Phi) is 6.34. The van der Waals surface area contributed by atoms with Crippen LogP contribution in [0.1, 0.15) is 23.9 Å². The average Bonchev–Trinajstić information content (AvgIpc) is 2.98. The fraction of sp³-hybridized carbons (Fsp3) is 0.333. The Morgan fingerprint density at radius 3 is 2.08 bits per heavy atom. The molecule has 0 fully saturated rings. The minimum atomic E-state index is -2.28. The lowest BCUT2D eigenvalue weighted by atomic mass is 9.90. The first-order valence-electron chi connectivity index (χ1n) is 7.18. The van der Waals surface area contributed by atoms with Crippen LogP contribution in [0, 0.1) is 39.0 Å². The number of carbonyl (C=O) groups is 2. The molecule has 4 nitrogen and oxygen atoms in total. The number of H-pyrrole nitrogens is 1. The lowest BCUT2D eigenvalue weighted by Crippen LogP contribution is -2.22. The normalized spacial score (nSPS) is 12.2. The van der Waals surface area contributed by atoms with Crippen LogP contribution < -0.4 is 0 Å². The first kappa shape index (κ1) is 20.3. The van der Waals surface area contributed by atoms with E-state index in [4.69, 9.17) is 12.2 Å². The molecular formula is C15H11F5N2O2S2. The number of hydrogen-bond donors (Lipinski definition) is 1. The highest BCUT2D eigenvalue weighted by molar-refractivity contribution is 7.73. The number of hydrogen-bond acceptors (Lipinski definition) is 5. The van der Waals surface area contributed by atoms with Crippen molar-refractivity contribution in [3.8, 4) is 0 Å². The topological polar surface area (TPSA) is 62.8 Å². The van der Waals surface area contributed by atoms with Gasteiger partial charge in [0.25, 0.3) is 0 Å². The summed E-state index contributed by atoms with van der Waals surface area (Å²) in [5, 5.41) is 6.60. The molecule has 11 heteroatoms. The Morgan fingerprint density at radius 2 is 1.62 bits per heavy atom. The van der Waals surface area contributed by atoms with Crippen molar-refractivity contribution >= 4 is 35.1 Å². The predicted molar refractivity (Wildman–Crippen MR) is 84.7 cm³/mol. The molecule has 0 aliphatic heterocycles. The van der Waals surface area contributed by atoms with Crippen LogP contribution in [0.4, 0.5) is 22.0 Å². The van der Waals surface area contributed by atoms with E-state index in [1.54, 1.807) is 0 Å². The highest BCUT2D eigenvalue weighted by Gasteiger charge is 2.29. The molecule has 1 aromatic carbocycles. The van der Waals surface area contributed by atoms with E-state index in [2.05, 4.69) is 10.2 Å². The van der Waals surface area contributed by atoms with Crippen LogP contribution in [-0.2, 0) is 22.4 Å². The Balaban J connectivity index is 2.22. The lowest BCUT2D eigenvalue weighted by Gasteiger charge is -2.15. The SMILES string of the molecule is CC(=O)[C@@H](CC(=O)Cc1n[nH]c(=S)s1)Cc1c(F)c(F)c(F)c(F)c1F. The van der Waals surface area contributed by atoms with Crippen LogP contribution in [-0.4, -0.2) is 21.8 Å². The highest BCUT2D eigenvalue weighted by atomic mass is 32.1. The van der Waals surface area contributed by atoms with Crippen LogP contribution in [0.3, 0.4) is 0 Å². The van der Waals surface area contributed by atoms with Gasteiger partial charge in [0.2, 0.25) is 5.82 Å². The molecule has 0 bridgehead atoms. The second-order valence-corrected chi connectivity index (χ2v) is 7.24. The molecular weight excluding hydrogens is 399 g/mol. The summed E-state index contributed by atoms with van der Waals surface area (Å²) in [7, 11) is 0. The Bertz CT molecular complexity index is 896. The van der Waals surface area contributed by atoms with Gasteiger partial charge >= 0.3 is 0 Å². The highest BCUT2D eigenvalue weighted by Crippen LogP contribution is 2.26. The number of benzene rings is 1. The van der Waals surface area contributed by atoms with Crippen molar-refractivity contribution in [3.05, 3.63) is 43.6 Å². The van der Waals surface area contributed by atoms with Crippen molar-refractivity contribution in [1.82, 2.24) is 10.2 Å². The molecule has 0 saturated carbocycles. The van der Waals surface area contributed by atoms with Crippen LogP contribution in [0.5, 0.6) is 0 Å². The molecule has 1 atom stereocenters. The van der Waals surface area contributed by atoms with Gasteiger partial charge in [0, 0.05) is 17.9 Å². The maximum Gasteiger partial charge on any atom is 0.200 e. The van der Waals surface area contributed by atoms with Crippen molar-refractivity contribution in [2.75, 3.05) is 0 Å². The van der Waals surface area contributed by atoms with E-state index in [0.29, 0.717) is 8.96 Å². The van der Waals surface area contributed by atoms with Gasteiger partial charge in [-0.25, -0.2) is 22.0 Å². The Hall–Kier alpha value is -2.01. The summed E-state index contributed by atoms with van der Waals surface area (Å²) in [6.07, 6.45) is -1.39. The van der Waals surface area contributed by atoms with Gasteiger partial charge in [-0.2, -0.15) is 5.10 Å². The van der Waals surface area contributed by atoms with E-state index in [0.717, 1.165) is 18.3 Å². The van der Waals surface area contributed by atoms with Gasteiger partial charge in [-0.1, -0.05) is 11.3 Å². The quantitative estimate of drug-likeness (QED) is 0.326. The molecule has 2 aromatic rings. The number of aromatic amines is 1. The number of rotatable bonds is 7. The summed E-state index contributed by atoms with van der Waals surface area (Å²) < 4.78 is 67.5.